The summed E-state index contributed by atoms with van der Waals surface area (Å²) in [5.41, 5.74) is 4.26. The van der Waals surface area contributed by atoms with E-state index in [4.69, 9.17) is 21.1 Å². The highest BCUT2D eigenvalue weighted by Crippen LogP contribution is 2.27. The Morgan fingerprint density at radius 1 is 1.03 bits per heavy atom. The van der Waals surface area contributed by atoms with Crippen LogP contribution in [0.2, 0.25) is 5.02 Å². The largest absolute Gasteiger partial charge is 0.494 e. The normalized spacial score (nSPS) is 10.7. The third-order valence-electron chi connectivity index (χ3n) is 4.47. The molecule has 0 saturated heterocycles. The Kier molecular flexibility index (Phi) is 9.49. The van der Waals surface area contributed by atoms with Gasteiger partial charge < -0.3 is 14.8 Å². The summed E-state index contributed by atoms with van der Waals surface area (Å²) in [6.07, 6.45) is 2.32. The van der Waals surface area contributed by atoms with Crippen molar-refractivity contribution in [2.75, 3.05) is 11.9 Å². The highest BCUT2D eigenvalue weighted by Gasteiger charge is 2.13. The van der Waals surface area contributed by atoms with Gasteiger partial charge in [-0.3, -0.25) is 9.59 Å². The van der Waals surface area contributed by atoms with Gasteiger partial charge in [0, 0.05) is 16.3 Å². The lowest BCUT2D eigenvalue weighted by Crippen LogP contribution is -2.32. The van der Waals surface area contributed by atoms with Gasteiger partial charge in [-0.1, -0.05) is 36.7 Å². The molecule has 0 spiro atoms. The molecule has 0 radical (unpaired) electrons. The third kappa shape index (κ3) is 7.60. The Hall–Kier alpha value is -3.36. The number of benzene rings is 3. The zero-order chi connectivity index (χ0) is 24.3. The summed E-state index contributed by atoms with van der Waals surface area (Å²) in [4.78, 5) is 24.1. The number of hydrazone groups is 1. The molecule has 0 saturated carbocycles. The van der Waals surface area contributed by atoms with Crippen molar-refractivity contribution in [2.45, 2.75) is 20.0 Å². The fourth-order valence-corrected chi connectivity index (χ4v) is 3.45. The van der Waals surface area contributed by atoms with E-state index in [9.17, 15) is 9.59 Å². The van der Waals surface area contributed by atoms with Gasteiger partial charge in [-0.25, -0.2) is 5.43 Å². The second-order valence-electron chi connectivity index (χ2n) is 7.10. The number of amides is 2. The van der Waals surface area contributed by atoms with Gasteiger partial charge >= 0.3 is 11.8 Å². The van der Waals surface area contributed by atoms with Crippen LogP contribution in [0.25, 0.3) is 0 Å². The van der Waals surface area contributed by atoms with Gasteiger partial charge in [0.15, 0.2) is 0 Å². The van der Waals surface area contributed by atoms with Gasteiger partial charge in [0.1, 0.15) is 18.1 Å². The first-order valence-corrected chi connectivity index (χ1v) is 11.7. The van der Waals surface area contributed by atoms with Gasteiger partial charge in [-0.15, -0.1) is 0 Å². The molecule has 0 aliphatic carbocycles. The number of hydrogen-bond acceptors (Lipinski definition) is 5. The van der Waals surface area contributed by atoms with Crippen molar-refractivity contribution in [3.8, 4) is 11.5 Å². The van der Waals surface area contributed by atoms with Crippen LogP contribution in [0.15, 0.2) is 76.3 Å². The van der Waals surface area contributed by atoms with Crippen LogP contribution >= 0.6 is 27.5 Å². The molecule has 34 heavy (non-hydrogen) atoms. The van der Waals surface area contributed by atoms with Crippen LogP contribution in [0.1, 0.15) is 24.5 Å². The van der Waals surface area contributed by atoms with Gasteiger partial charge in [0.2, 0.25) is 0 Å². The van der Waals surface area contributed by atoms with Gasteiger partial charge in [-0.2, -0.15) is 5.10 Å². The minimum atomic E-state index is -0.888. The lowest BCUT2D eigenvalue weighted by molar-refractivity contribution is -0.136. The van der Waals surface area contributed by atoms with Crippen LogP contribution in [-0.4, -0.2) is 24.6 Å². The minimum Gasteiger partial charge on any atom is -0.494 e. The third-order valence-corrected chi connectivity index (χ3v) is 5.46. The molecule has 0 heterocycles. The number of ether oxygens (including phenoxy) is 2. The number of hydrogen-bond donors (Lipinski definition) is 2. The van der Waals surface area contributed by atoms with E-state index in [2.05, 4.69) is 31.8 Å². The van der Waals surface area contributed by atoms with Gasteiger partial charge in [-0.05, 0) is 76.4 Å². The molecule has 0 bridgehead atoms. The van der Waals surface area contributed by atoms with E-state index in [1.54, 1.807) is 42.5 Å². The standard InChI is InChI=1S/C25H23BrClN3O4/c1-2-13-33-20-10-8-19(9-11-20)29-24(31)25(32)30-28-15-17-7-12-23(21(26)14-17)34-16-18-5-3-4-6-22(18)27/h3-12,14-15H,2,13,16H2,1H3,(H,29,31)(H,30,32)/b28-15-. The van der Waals surface area contributed by atoms with Gasteiger partial charge in [0.25, 0.3) is 0 Å². The number of halogens is 2. The van der Waals surface area contributed by atoms with E-state index in [0.29, 0.717) is 45.5 Å². The number of anilines is 1. The first-order chi connectivity index (χ1) is 16.5. The number of nitrogens with one attached hydrogen (secondary N) is 2. The maximum atomic E-state index is 12.1. The number of carbonyl (C=O) groups excluding carboxylic acids is 2. The number of rotatable bonds is 9. The Morgan fingerprint density at radius 3 is 2.50 bits per heavy atom. The summed E-state index contributed by atoms with van der Waals surface area (Å²) in [6, 6.07) is 19.5. The Morgan fingerprint density at radius 2 is 1.79 bits per heavy atom. The van der Waals surface area contributed by atoms with E-state index in [0.717, 1.165) is 12.0 Å². The van der Waals surface area contributed by atoms with Crippen molar-refractivity contribution >= 4 is 51.2 Å². The van der Waals surface area contributed by atoms with E-state index in [1.165, 1.54) is 6.21 Å². The molecule has 0 unspecified atom stereocenters. The van der Waals surface area contributed by atoms with E-state index in [1.807, 2.05) is 31.2 Å². The summed E-state index contributed by atoms with van der Waals surface area (Å²) in [5, 5.41) is 6.99. The highest BCUT2D eigenvalue weighted by molar-refractivity contribution is 9.10. The van der Waals surface area contributed by atoms with E-state index in [-0.39, 0.29) is 0 Å². The summed E-state index contributed by atoms with van der Waals surface area (Å²) in [6.45, 7) is 2.95. The summed E-state index contributed by atoms with van der Waals surface area (Å²) in [7, 11) is 0. The topological polar surface area (TPSA) is 89.0 Å². The second-order valence-corrected chi connectivity index (χ2v) is 8.36. The average molecular weight is 545 g/mol. The van der Waals surface area contributed by atoms with Crippen molar-refractivity contribution in [3.63, 3.8) is 0 Å². The molecule has 3 rings (SSSR count). The minimum absolute atomic E-state index is 0.325. The molecule has 3 aromatic rings. The first-order valence-electron chi connectivity index (χ1n) is 10.5. The van der Waals surface area contributed by atoms with Crippen molar-refractivity contribution in [2.24, 2.45) is 5.10 Å². The summed E-state index contributed by atoms with van der Waals surface area (Å²) >= 11 is 9.61. The molecule has 9 heteroatoms. The Balaban J connectivity index is 1.49. The van der Waals surface area contributed by atoms with Crippen LogP contribution in [-0.2, 0) is 16.2 Å². The highest BCUT2D eigenvalue weighted by atomic mass is 79.9. The Bertz CT molecular complexity index is 1170. The molecule has 0 aliphatic rings. The number of nitrogens with zero attached hydrogens (tertiary/aromatic N) is 1. The van der Waals surface area contributed by atoms with Gasteiger partial charge in [0.05, 0.1) is 17.3 Å². The second kappa shape index (κ2) is 12.8. The van der Waals surface area contributed by atoms with Crippen LogP contribution < -0.4 is 20.2 Å². The maximum Gasteiger partial charge on any atom is 0.329 e. The molecular weight excluding hydrogens is 522 g/mol. The van der Waals surface area contributed by atoms with Crippen LogP contribution in [0.4, 0.5) is 5.69 Å². The maximum absolute atomic E-state index is 12.1. The van der Waals surface area contributed by atoms with Crippen LogP contribution in [0.3, 0.4) is 0 Å². The predicted octanol–water partition coefficient (Wildman–Crippen LogP) is 5.56. The van der Waals surface area contributed by atoms with Crippen molar-refractivity contribution in [1.82, 2.24) is 5.43 Å². The average Bonchev–Trinajstić information content (AvgIpc) is 2.84. The summed E-state index contributed by atoms with van der Waals surface area (Å²) in [5.74, 6) is -0.392. The van der Waals surface area contributed by atoms with Crippen molar-refractivity contribution < 1.29 is 19.1 Å². The van der Waals surface area contributed by atoms with E-state index >= 15 is 0 Å². The molecule has 2 N–H and O–H groups in total. The fraction of sp³-hybridized carbons (Fsp3) is 0.160. The van der Waals surface area contributed by atoms with Crippen molar-refractivity contribution in [1.29, 1.82) is 0 Å². The number of carbonyl (C=O) groups is 2. The molecule has 0 aromatic heterocycles. The van der Waals surface area contributed by atoms with E-state index < -0.39 is 11.8 Å². The smallest absolute Gasteiger partial charge is 0.329 e. The molecule has 7 nitrogen and oxygen atoms in total. The zero-order valence-electron chi connectivity index (χ0n) is 18.4. The SMILES string of the molecule is CCCOc1ccc(NC(=O)C(=O)N/N=C\c2ccc(OCc3ccccc3Cl)c(Br)c2)cc1. The molecule has 0 atom stereocenters. The quantitative estimate of drug-likeness (QED) is 0.210. The lowest BCUT2D eigenvalue weighted by atomic mass is 10.2. The summed E-state index contributed by atoms with van der Waals surface area (Å²) < 4.78 is 12.0. The molecule has 3 aromatic carbocycles. The lowest BCUT2D eigenvalue weighted by Gasteiger charge is -2.10. The van der Waals surface area contributed by atoms with Crippen LogP contribution in [0, 0.1) is 0 Å². The molecule has 176 valence electrons. The fourth-order valence-electron chi connectivity index (χ4n) is 2.74. The molecule has 2 amide bonds. The van der Waals surface area contributed by atoms with Crippen LogP contribution in [0.5, 0.6) is 11.5 Å². The molecule has 0 fully saturated rings. The molecule has 0 aliphatic heterocycles. The first kappa shape index (κ1) is 25.3. The monoisotopic (exact) mass is 543 g/mol. The Labute approximate surface area is 211 Å². The predicted molar refractivity (Wildman–Crippen MR) is 137 cm³/mol. The molecular formula is C25H23BrClN3O4. The van der Waals surface area contributed by atoms with Crippen molar-refractivity contribution in [3.05, 3.63) is 87.4 Å². The zero-order valence-corrected chi connectivity index (χ0v) is 20.7.